The van der Waals surface area contributed by atoms with Crippen molar-refractivity contribution < 1.29 is 18.7 Å². The normalized spacial score (nSPS) is 10.9. The molecule has 0 aliphatic rings. The number of halogens is 2. The molecule has 2 aromatic carbocycles. The fraction of sp³-hybridized carbons (Fsp3) is 0.286. The number of nitrogens with zero attached hydrogens (tertiary/aromatic N) is 1. The molecule has 0 saturated heterocycles. The number of rotatable bonds is 8. The topological polar surface area (TPSA) is 38.8 Å². The van der Waals surface area contributed by atoms with Gasteiger partial charge < -0.3 is 14.4 Å². The molecule has 0 aromatic heterocycles. The predicted octanol–water partition coefficient (Wildman–Crippen LogP) is 4.95. The lowest BCUT2D eigenvalue weighted by Crippen LogP contribution is -2.28. The molecule has 0 aliphatic heterocycles. The van der Waals surface area contributed by atoms with Gasteiger partial charge in [-0.2, -0.15) is 0 Å². The molecular formula is C21H23ClFNO3. The van der Waals surface area contributed by atoms with Crippen LogP contribution in [0.1, 0.15) is 25.0 Å². The van der Waals surface area contributed by atoms with Crippen LogP contribution in [-0.4, -0.2) is 31.1 Å². The second kappa shape index (κ2) is 9.97. The second-order valence-corrected chi connectivity index (χ2v) is 6.19. The summed E-state index contributed by atoms with van der Waals surface area (Å²) in [6, 6.07) is 9.69. The highest BCUT2D eigenvalue weighted by atomic mass is 35.5. The van der Waals surface area contributed by atoms with Gasteiger partial charge in [0.1, 0.15) is 5.82 Å². The number of methoxy groups -OCH3 is 1. The van der Waals surface area contributed by atoms with Gasteiger partial charge in [-0.1, -0.05) is 23.7 Å². The number of likely N-dealkylation sites (N-methyl/N-ethyl adjacent to an activating group) is 1. The van der Waals surface area contributed by atoms with Gasteiger partial charge >= 0.3 is 0 Å². The number of benzene rings is 2. The molecule has 0 fully saturated rings. The van der Waals surface area contributed by atoms with E-state index in [0.29, 0.717) is 36.2 Å². The first-order valence-corrected chi connectivity index (χ1v) is 9.08. The predicted molar refractivity (Wildman–Crippen MR) is 106 cm³/mol. The fourth-order valence-corrected chi connectivity index (χ4v) is 2.87. The average Bonchev–Trinajstić information content (AvgIpc) is 2.66. The van der Waals surface area contributed by atoms with E-state index in [4.69, 9.17) is 21.1 Å². The molecule has 0 spiro atoms. The van der Waals surface area contributed by atoms with E-state index in [9.17, 15) is 9.18 Å². The van der Waals surface area contributed by atoms with Crippen molar-refractivity contribution in [3.63, 3.8) is 0 Å². The van der Waals surface area contributed by atoms with Crippen LogP contribution in [0.3, 0.4) is 0 Å². The van der Waals surface area contributed by atoms with Crippen molar-refractivity contribution in [2.24, 2.45) is 0 Å². The van der Waals surface area contributed by atoms with Crippen LogP contribution in [0.25, 0.3) is 6.08 Å². The quantitative estimate of drug-likeness (QED) is 0.598. The summed E-state index contributed by atoms with van der Waals surface area (Å²) in [6.07, 6.45) is 3.13. The highest BCUT2D eigenvalue weighted by Crippen LogP contribution is 2.36. The molecule has 0 atom stereocenters. The molecule has 0 unspecified atom stereocenters. The van der Waals surface area contributed by atoms with E-state index < -0.39 is 0 Å². The van der Waals surface area contributed by atoms with E-state index in [-0.39, 0.29) is 11.7 Å². The zero-order valence-electron chi connectivity index (χ0n) is 15.7. The molecule has 0 radical (unpaired) electrons. The van der Waals surface area contributed by atoms with Crippen molar-refractivity contribution >= 4 is 23.6 Å². The van der Waals surface area contributed by atoms with Gasteiger partial charge in [-0.15, -0.1) is 0 Å². The summed E-state index contributed by atoms with van der Waals surface area (Å²) >= 11 is 6.25. The average molecular weight is 392 g/mol. The maximum atomic E-state index is 13.3. The molecule has 0 N–H and O–H groups in total. The van der Waals surface area contributed by atoms with E-state index in [1.54, 1.807) is 35.2 Å². The summed E-state index contributed by atoms with van der Waals surface area (Å²) in [6.45, 7) is 5.05. The Morgan fingerprint density at radius 2 is 2.04 bits per heavy atom. The SMILES string of the molecule is CCOc1c(Cl)cc(/C=C/C(=O)N(CC)Cc2cccc(F)c2)cc1OC. The van der Waals surface area contributed by atoms with Crippen molar-refractivity contribution in [2.75, 3.05) is 20.3 Å². The highest BCUT2D eigenvalue weighted by Gasteiger charge is 2.12. The summed E-state index contributed by atoms with van der Waals surface area (Å²) in [7, 11) is 1.53. The lowest BCUT2D eigenvalue weighted by molar-refractivity contribution is -0.126. The fourth-order valence-electron chi connectivity index (χ4n) is 2.59. The Labute approximate surface area is 164 Å². The zero-order chi connectivity index (χ0) is 19.8. The van der Waals surface area contributed by atoms with E-state index in [0.717, 1.165) is 11.1 Å². The van der Waals surface area contributed by atoms with Crippen molar-refractivity contribution in [1.82, 2.24) is 4.90 Å². The van der Waals surface area contributed by atoms with Gasteiger partial charge in [-0.3, -0.25) is 4.79 Å². The van der Waals surface area contributed by atoms with Crippen molar-refractivity contribution in [3.8, 4) is 11.5 Å². The minimum atomic E-state index is -0.317. The van der Waals surface area contributed by atoms with Crippen LogP contribution in [0.15, 0.2) is 42.5 Å². The molecule has 0 aliphatic carbocycles. The molecule has 2 rings (SSSR count). The number of carbonyl (C=O) groups is 1. The molecule has 27 heavy (non-hydrogen) atoms. The Balaban J connectivity index is 2.15. The molecule has 0 saturated carbocycles. The summed E-state index contributed by atoms with van der Waals surface area (Å²) in [4.78, 5) is 14.1. The highest BCUT2D eigenvalue weighted by molar-refractivity contribution is 6.32. The van der Waals surface area contributed by atoms with E-state index in [1.807, 2.05) is 13.8 Å². The molecule has 2 aromatic rings. The number of hydrogen-bond donors (Lipinski definition) is 0. The van der Waals surface area contributed by atoms with Crippen LogP contribution in [0.4, 0.5) is 4.39 Å². The van der Waals surface area contributed by atoms with E-state index in [2.05, 4.69) is 0 Å². The van der Waals surface area contributed by atoms with Crippen LogP contribution in [-0.2, 0) is 11.3 Å². The third kappa shape index (κ3) is 5.73. The number of hydrogen-bond acceptors (Lipinski definition) is 3. The van der Waals surface area contributed by atoms with Gasteiger partial charge in [0.2, 0.25) is 5.91 Å². The monoisotopic (exact) mass is 391 g/mol. The number of amides is 1. The number of ether oxygens (including phenoxy) is 2. The Bertz CT molecular complexity index is 823. The Hall–Kier alpha value is -2.53. The minimum Gasteiger partial charge on any atom is -0.493 e. The summed E-state index contributed by atoms with van der Waals surface area (Å²) < 4.78 is 24.1. The van der Waals surface area contributed by atoms with Crippen molar-refractivity contribution in [3.05, 3.63) is 64.4 Å². The largest absolute Gasteiger partial charge is 0.493 e. The van der Waals surface area contributed by atoms with Crippen LogP contribution >= 0.6 is 11.6 Å². The van der Waals surface area contributed by atoms with Gasteiger partial charge in [-0.25, -0.2) is 4.39 Å². The van der Waals surface area contributed by atoms with E-state index >= 15 is 0 Å². The van der Waals surface area contributed by atoms with E-state index in [1.165, 1.54) is 25.3 Å². The smallest absolute Gasteiger partial charge is 0.246 e. The standard InChI is InChI=1S/C21H23ClFNO3/c1-4-24(14-16-7-6-8-17(23)11-16)20(25)10-9-15-12-18(22)21(27-5-2)19(13-15)26-3/h6-13H,4-5,14H2,1-3H3/b10-9+. The van der Waals surface area contributed by atoms with Crippen molar-refractivity contribution in [2.45, 2.75) is 20.4 Å². The first-order chi connectivity index (χ1) is 13.0. The summed E-state index contributed by atoms with van der Waals surface area (Å²) in [5.41, 5.74) is 1.46. The second-order valence-electron chi connectivity index (χ2n) is 5.78. The molecule has 6 heteroatoms. The molecule has 0 heterocycles. The Morgan fingerprint density at radius 1 is 1.26 bits per heavy atom. The Kier molecular flexibility index (Phi) is 7.67. The van der Waals surface area contributed by atoms with Crippen LogP contribution in [0.5, 0.6) is 11.5 Å². The Morgan fingerprint density at radius 3 is 2.67 bits per heavy atom. The molecule has 0 bridgehead atoms. The first kappa shape index (κ1) is 20.8. The lowest BCUT2D eigenvalue weighted by atomic mass is 10.1. The van der Waals surface area contributed by atoms with Crippen LogP contribution in [0, 0.1) is 5.82 Å². The first-order valence-electron chi connectivity index (χ1n) is 8.70. The molecule has 4 nitrogen and oxygen atoms in total. The zero-order valence-corrected chi connectivity index (χ0v) is 16.4. The molecular weight excluding hydrogens is 369 g/mol. The third-order valence-electron chi connectivity index (χ3n) is 3.91. The summed E-state index contributed by atoms with van der Waals surface area (Å²) in [5, 5.41) is 0.412. The minimum absolute atomic E-state index is 0.175. The number of carbonyl (C=O) groups excluding carboxylic acids is 1. The van der Waals surface area contributed by atoms with Gasteiger partial charge in [0.15, 0.2) is 11.5 Å². The van der Waals surface area contributed by atoms with Gasteiger partial charge in [0.25, 0.3) is 0 Å². The molecule has 144 valence electrons. The van der Waals surface area contributed by atoms with Crippen LogP contribution < -0.4 is 9.47 Å². The maximum absolute atomic E-state index is 13.3. The maximum Gasteiger partial charge on any atom is 0.246 e. The summed E-state index contributed by atoms with van der Waals surface area (Å²) in [5.74, 6) is 0.489. The lowest BCUT2D eigenvalue weighted by Gasteiger charge is -2.19. The van der Waals surface area contributed by atoms with Crippen molar-refractivity contribution in [1.29, 1.82) is 0 Å². The van der Waals surface area contributed by atoms with Crippen LogP contribution in [0.2, 0.25) is 5.02 Å². The van der Waals surface area contributed by atoms with Gasteiger partial charge in [-0.05, 0) is 55.3 Å². The third-order valence-corrected chi connectivity index (χ3v) is 4.20. The molecule has 1 amide bonds. The van der Waals surface area contributed by atoms with Gasteiger partial charge in [0.05, 0.1) is 18.7 Å². The van der Waals surface area contributed by atoms with Gasteiger partial charge in [0, 0.05) is 19.2 Å².